The summed E-state index contributed by atoms with van der Waals surface area (Å²) in [6.07, 6.45) is 2.09. The molecule has 0 aliphatic rings. The summed E-state index contributed by atoms with van der Waals surface area (Å²) >= 11 is 0. The van der Waals surface area contributed by atoms with Crippen LogP contribution >= 0.6 is 0 Å². The Morgan fingerprint density at radius 2 is 1.94 bits per heavy atom. The average Bonchev–Trinajstić information content (AvgIpc) is 2.28. The lowest BCUT2D eigenvalue weighted by molar-refractivity contribution is 0.403. The Hall–Kier alpha value is -1.02. The van der Waals surface area contributed by atoms with Gasteiger partial charge in [0.1, 0.15) is 5.75 Å². The summed E-state index contributed by atoms with van der Waals surface area (Å²) < 4.78 is 5.46. The minimum atomic E-state index is 0.179. The second kappa shape index (κ2) is 6.24. The van der Waals surface area contributed by atoms with Crippen LogP contribution in [0.1, 0.15) is 45.2 Å². The molecule has 1 aromatic rings. The molecule has 0 bridgehead atoms. The van der Waals surface area contributed by atoms with E-state index in [0.717, 1.165) is 25.1 Å². The van der Waals surface area contributed by atoms with Crippen LogP contribution in [0.3, 0.4) is 0 Å². The van der Waals surface area contributed by atoms with Crippen LogP contribution in [0, 0.1) is 5.92 Å². The van der Waals surface area contributed by atoms with E-state index in [1.807, 2.05) is 0 Å². The lowest BCUT2D eigenvalue weighted by Gasteiger charge is -2.22. The van der Waals surface area contributed by atoms with Crippen molar-refractivity contribution < 1.29 is 4.74 Å². The zero-order valence-corrected chi connectivity index (χ0v) is 12.4. The summed E-state index contributed by atoms with van der Waals surface area (Å²) in [5.74, 6) is 1.59. The van der Waals surface area contributed by atoms with E-state index in [1.165, 1.54) is 11.1 Å². The predicted octanol–water partition coefficient (Wildman–Crippen LogP) is 3.52. The highest BCUT2D eigenvalue weighted by atomic mass is 16.5. The molecule has 18 heavy (non-hydrogen) atoms. The highest BCUT2D eigenvalue weighted by molar-refractivity contribution is 5.40. The summed E-state index contributed by atoms with van der Waals surface area (Å²) in [7, 11) is 1.74. The second-order valence-electron chi connectivity index (χ2n) is 6.16. The first kappa shape index (κ1) is 15.0. The smallest absolute Gasteiger partial charge is 0.122 e. The fourth-order valence-corrected chi connectivity index (χ4v) is 2.17. The van der Waals surface area contributed by atoms with Crippen LogP contribution in [0.15, 0.2) is 18.2 Å². The van der Waals surface area contributed by atoms with Crippen molar-refractivity contribution in [3.63, 3.8) is 0 Å². The third-order valence-corrected chi connectivity index (χ3v) is 3.37. The van der Waals surface area contributed by atoms with E-state index < -0.39 is 0 Å². The van der Waals surface area contributed by atoms with Gasteiger partial charge in [0, 0.05) is 0 Å². The molecule has 2 heteroatoms. The van der Waals surface area contributed by atoms with E-state index in [-0.39, 0.29) is 5.41 Å². The highest BCUT2D eigenvalue weighted by Gasteiger charge is 2.16. The Morgan fingerprint density at radius 1 is 1.28 bits per heavy atom. The third kappa shape index (κ3) is 4.02. The van der Waals surface area contributed by atoms with Crippen LogP contribution in [0.25, 0.3) is 0 Å². The van der Waals surface area contributed by atoms with Crippen molar-refractivity contribution >= 4 is 0 Å². The molecule has 0 saturated heterocycles. The highest BCUT2D eigenvalue weighted by Crippen LogP contribution is 2.29. The van der Waals surface area contributed by atoms with Gasteiger partial charge in [0.15, 0.2) is 0 Å². The number of benzene rings is 1. The van der Waals surface area contributed by atoms with Crippen LogP contribution < -0.4 is 10.5 Å². The zero-order chi connectivity index (χ0) is 13.8. The average molecular weight is 249 g/mol. The van der Waals surface area contributed by atoms with Gasteiger partial charge in [-0.3, -0.25) is 0 Å². The van der Waals surface area contributed by atoms with E-state index in [0.29, 0.717) is 5.92 Å². The number of methoxy groups -OCH3 is 1. The number of rotatable bonds is 5. The SMILES string of the molecule is COc1ccc(C(C)(C)C)cc1CC(C)CCN. The Morgan fingerprint density at radius 3 is 2.44 bits per heavy atom. The second-order valence-corrected chi connectivity index (χ2v) is 6.16. The van der Waals surface area contributed by atoms with Crippen molar-refractivity contribution in [3.05, 3.63) is 29.3 Å². The van der Waals surface area contributed by atoms with Gasteiger partial charge in [-0.2, -0.15) is 0 Å². The molecule has 1 aromatic carbocycles. The van der Waals surface area contributed by atoms with Gasteiger partial charge in [-0.15, -0.1) is 0 Å². The van der Waals surface area contributed by atoms with Crippen molar-refractivity contribution in [2.75, 3.05) is 13.7 Å². The molecule has 1 rings (SSSR count). The topological polar surface area (TPSA) is 35.2 Å². The fourth-order valence-electron chi connectivity index (χ4n) is 2.17. The summed E-state index contributed by atoms with van der Waals surface area (Å²) in [5.41, 5.74) is 8.46. The molecule has 0 amide bonds. The largest absolute Gasteiger partial charge is 0.496 e. The number of hydrogen-bond donors (Lipinski definition) is 1. The molecule has 1 atom stereocenters. The molecule has 0 heterocycles. The predicted molar refractivity (Wildman–Crippen MR) is 78.2 cm³/mol. The van der Waals surface area contributed by atoms with Crippen LogP contribution in [0.5, 0.6) is 5.75 Å². The van der Waals surface area contributed by atoms with E-state index in [2.05, 4.69) is 45.9 Å². The summed E-state index contributed by atoms with van der Waals surface area (Å²) in [6, 6.07) is 6.53. The lowest BCUT2D eigenvalue weighted by atomic mass is 9.84. The van der Waals surface area contributed by atoms with Crippen molar-refractivity contribution in [2.24, 2.45) is 11.7 Å². The molecule has 0 aliphatic carbocycles. The zero-order valence-electron chi connectivity index (χ0n) is 12.4. The van der Waals surface area contributed by atoms with Gasteiger partial charge in [0.2, 0.25) is 0 Å². The number of hydrogen-bond acceptors (Lipinski definition) is 2. The van der Waals surface area contributed by atoms with E-state index >= 15 is 0 Å². The molecule has 1 unspecified atom stereocenters. The van der Waals surface area contributed by atoms with Gasteiger partial charge < -0.3 is 10.5 Å². The summed E-state index contributed by atoms with van der Waals surface area (Å²) in [5, 5.41) is 0. The monoisotopic (exact) mass is 249 g/mol. The minimum Gasteiger partial charge on any atom is -0.496 e. The maximum absolute atomic E-state index is 5.62. The Labute approximate surface area is 112 Å². The quantitative estimate of drug-likeness (QED) is 0.866. The van der Waals surface area contributed by atoms with Crippen LogP contribution in [0.4, 0.5) is 0 Å². The fraction of sp³-hybridized carbons (Fsp3) is 0.625. The van der Waals surface area contributed by atoms with Crippen molar-refractivity contribution in [2.45, 2.75) is 46.0 Å². The molecule has 0 radical (unpaired) electrons. The van der Waals surface area contributed by atoms with Crippen LogP contribution in [0.2, 0.25) is 0 Å². The van der Waals surface area contributed by atoms with Gasteiger partial charge >= 0.3 is 0 Å². The number of nitrogens with two attached hydrogens (primary N) is 1. The van der Waals surface area contributed by atoms with Gasteiger partial charge in [-0.25, -0.2) is 0 Å². The van der Waals surface area contributed by atoms with E-state index in [1.54, 1.807) is 7.11 Å². The first-order chi connectivity index (χ1) is 8.38. The molecular formula is C16H27NO. The van der Waals surface area contributed by atoms with Gasteiger partial charge in [-0.05, 0) is 47.9 Å². The molecule has 0 saturated carbocycles. The maximum Gasteiger partial charge on any atom is 0.122 e. The third-order valence-electron chi connectivity index (χ3n) is 3.37. The van der Waals surface area contributed by atoms with Crippen LogP contribution in [-0.4, -0.2) is 13.7 Å². The molecule has 0 aromatic heterocycles. The van der Waals surface area contributed by atoms with Gasteiger partial charge in [0.25, 0.3) is 0 Å². The molecule has 2 nitrogen and oxygen atoms in total. The first-order valence-corrected chi connectivity index (χ1v) is 6.76. The Balaban J connectivity index is 2.99. The molecule has 102 valence electrons. The van der Waals surface area contributed by atoms with Crippen molar-refractivity contribution in [1.29, 1.82) is 0 Å². The molecular weight excluding hydrogens is 222 g/mol. The molecule has 0 fully saturated rings. The Bertz CT molecular complexity index is 379. The van der Waals surface area contributed by atoms with Gasteiger partial charge in [0.05, 0.1) is 7.11 Å². The molecule has 0 spiro atoms. The normalized spacial score (nSPS) is 13.4. The van der Waals surface area contributed by atoms with Crippen molar-refractivity contribution in [3.8, 4) is 5.75 Å². The standard InChI is InChI=1S/C16H27NO/c1-12(8-9-17)10-13-11-14(16(2,3)4)6-7-15(13)18-5/h6-7,11-12H,8-10,17H2,1-5H3. The maximum atomic E-state index is 5.62. The Kier molecular flexibility index (Phi) is 5.21. The van der Waals surface area contributed by atoms with Gasteiger partial charge in [-0.1, -0.05) is 39.8 Å². The molecule has 2 N–H and O–H groups in total. The summed E-state index contributed by atoms with van der Waals surface area (Å²) in [4.78, 5) is 0. The lowest BCUT2D eigenvalue weighted by Crippen LogP contribution is -2.13. The minimum absolute atomic E-state index is 0.179. The summed E-state index contributed by atoms with van der Waals surface area (Å²) in [6.45, 7) is 9.71. The van der Waals surface area contributed by atoms with E-state index in [4.69, 9.17) is 10.5 Å². The van der Waals surface area contributed by atoms with E-state index in [9.17, 15) is 0 Å². The van der Waals surface area contributed by atoms with Crippen LogP contribution in [-0.2, 0) is 11.8 Å². The number of ether oxygens (including phenoxy) is 1. The first-order valence-electron chi connectivity index (χ1n) is 6.76. The van der Waals surface area contributed by atoms with Crippen molar-refractivity contribution in [1.82, 2.24) is 0 Å². The molecule has 0 aliphatic heterocycles.